The van der Waals surface area contributed by atoms with Gasteiger partial charge in [0.25, 0.3) is 5.91 Å². The minimum atomic E-state index is 0.0456. The molecule has 0 aromatic rings. The summed E-state index contributed by atoms with van der Waals surface area (Å²) in [5.74, 6) is 0.0456. The van der Waals surface area contributed by atoms with Gasteiger partial charge in [-0.2, -0.15) is 0 Å². The molecule has 0 aromatic carbocycles. The van der Waals surface area contributed by atoms with Crippen molar-refractivity contribution in [2.75, 3.05) is 13.6 Å². The fourth-order valence-corrected chi connectivity index (χ4v) is 3.13. The van der Waals surface area contributed by atoms with Gasteiger partial charge >= 0.3 is 0 Å². The van der Waals surface area contributed by atoms with E-state index in [1.807, 2.05) is 23.1 Å². The molecule has 5 heteroatoms. The summed E-state index contributed by atoms with van der Waals surface area (Å²) in [7, 11) is 2.08. The summed E-state index contributed by atoms with van der Waals surface area (Å²) in [6.07, 6.45) is 8.06. The van der Waals surface area contributed by atoms with Crippen molar-refractivity contribution in [3.8, 4) is 0 Å². The van der Waals surface area contributed by atoms with Gasteiger partial charge in [0.15, 0.2) is 5.70 Å². The van der Waals surface area contributed by atoms with Crippen LogP contribution < -0.4 is 0 Å². The van der Waals surface area contributed by atoms with Crippen LogP contribution in [0.5, 0.6) is 0 Å². The second-order valence-corrected chi connectivity index (χ2v) is 5.20. The fraction of sp³-hybridized carbons (Fsp3) is 0.462. The van der Waals surface area contributed by atoms with Crippen LogP contribution in [0.25, 0.3) is 0 Å². The number of likely N-dealkylation sites (N-methyl/N-ethyl adjacent to an activating group) is 1. The van der Waals surface area contributed by atoms with E-state index in [2.05, 4.69) is 22.2 Å². The Hall–Kier alpha value is -1.75. The number of amides is 1. The Bertz CT molecular complexity index is 557. The van der Waals surface area contributed by atoms with Crippen molar-refractivity contribution in [2.45, 2.75) is 25.0 Å². The zero-order valence-electron chi connectivity index (χ0n) is 10.2. The Morgan fingerprint density at radius 3 is 3.06 bits per heavy atom. The average molecular weight is 242 g/mol. The number of allylic oxidation sites excluding steroid dienone is 4. The average Bonchev–Trinajstić information content (AvgIpc) is 3.09. The summed E-state index contributed by atoms with van der Waals surface area (Å²) in [6, 6.07) is 0.546. The lowest BCUT2D eigenvalue weighted by atomic mass is 10.0. The summed E-state index contributed by atoms with van der Waals surface area (Å²) in [5.41, 5.74) is 2.38. The number of azo groups is 1. The topological polar surface area (TPSA) is 48.3 Å². The Balaban J connectivity index is 1.65. The van der Waals surface area contributed by atoms with Crippen molar-refractivity contribution < 1.29 is 4.79 Å². The van der Waals surface area contributed by atoms with E-state index >= 15 is 0 Å². The van der Waals surface area contributed by atoms with Gasteiger partial charge < -0.3 is 4.90 Å². The Kier molecular flexibility index (Phi) is 1.92. The molecule has 4 heterocycles. The molecule has 18 heavy (non-hydrogen) atoms. The molecule has 4 aliphatic heterocycles. The Morgan fingerprint density at radius 2 is 2.33 bits per heavy atom. The van der Waals surface area contributed by atoms with Gasteiger partial charge in [-0.3, -0.25) is 9.69 Å². The predicted octanol–water partition coefficient (Wildman–Crippen LogP) is 1.42. The Morgan fingerprint density at radius 1 is 1.44 bits per heavy atom. The highest BCUT2D eigenvalue weighted by Crippen LogP contribution is 2.39. The molecule has 92 valence electrons. The number of rotatable bonds is 1. The van der Waals surface area contributed by atoms with Crippen molar-refractivity contribution >= 4 is 5.91 Å². The van der Waals surface area contributed by atoms with E-state index in [9.17, 15) is 4.79 Å². The van der Waals surface area contributed by atoms with E-state index in [0.29, 0.717) is 11.7 Å². The third kappa shape index (κ3) is 1.17. The van der Waals surface area contributed by atoms with Crippen LogP contribution in [-0.2, 0) is 4.79 Å². The SMILES string of the molecule is CN1[C@H]2C[C@H]1N(C(=O)C1=C3CC=CC=C3N=N1)C2. The quantitative estimate of drug-likeness (QED) is 0.698. The van der Waals surface area contributed by atoms with Crippen LogP contribution >= 0.6 is 0 Å². The van der Waals surface area contributed by atoms with Gasteiger partial charge in [-0.25, -0.2) is 0 Å². The summed E-state index contributed by atoms with van der Waals surface area (Å²) in [4.78, 5) is 16.7. The molecule has 0 unspecified atom stereocenters. The second-order valence-electron chi connectivity index (χ2n) is 5.20. The van der Waals surface area contributed by atoms with Crippen LogP contribution in [0.3, 0.4) is 0 Å². The molecule has 3 saturated heterocycles. The zero-order valence-corrected chi connectivity index (χ0v) is 10.2. The number of hydrogen-bond acceptors (Lipinski definition) is 4. The largest absolute Gasteiger partial charge is 0.320 e. The van der Waals surface area contributed by atoms with Gasteiger partial charge in [0.2, 0.25) is 0 Å². The van der Waals surface area contributed by atoms with Crippen LogP contribution in [0.15, 0.2) is 45.4 Å². The summed E-state index contributed by atoms with van der Waals surface area (Å²) >= 11 is 0. The lowest BCUT2D eigenvalue weighted by Gasteiger charge is -2.37. The van der Waals surface area contributed by atoms with Crippen LogP contribution in [-0.4, -0.2) is 41.5 Å². The predicted molar refractivity (Wildman–Crippen MR) is 65.4 cm³/mol. The minimum absolute atomic E-state index is 0.0456. The van der Waals surface area contributed by atoms with Crippen molar-refractivity contribution in [3.63, 3.8) is 0 Å². The number of carbonyl (C=O) groups excluding carboxylic acids is 1. The molecule has 2 bridgehead atoms. The monoisotopic (exact) mass is 242 g/mol. The first-order valence-corrected chi connectivity index (χ1v) is 6.30. The van der Waals surface area contributed by atoms with Crippen LogP contribution in [0.2, 0.25) is 0 Å². The minimum Gasteiger partial charge on any atom is -0.320 e. The van der Waals surface area contributed by atoms with E-state index < -0.39 is 0 Å². The normalized spacial score (nSPS) is 32.7. The maximum atomic E-state index is 12.5. The standard InChI is InChI=1S/C13H14N4O/c1-16-8-6-11(16)17(7-8)13(18)12-9-4-2-3-5-10(9)14-15-12/h2-3,5,8,11H,4,6-7H2,1H3/t8-,11+/m0/s1. The zero-order chi connectivity index (χ0) is 12.3. The molecule has 1 aliphatic carbocycles. The first-order chi connectivity index (χ1) is 8.75. The molecule has 0 saturated carbocycles. The number of nitrogens with zero attached hydrogens (tertiary/aromatic N) is 4. The smallest absolute Gasteiger partial charge is 0.276 e. The Labute approximate surface area is 105 Å². The van der Waals surface area contributed by atoms with Crippen molar-refractivity contribution in [2.24, 2.45) is 10.2 Å². The van der Waals surface area contributed by atoms with Crippen LogP contribution in [0, 0.1) is 0 Å². The van der Waals surface area contributed by atoms with Gasteiger partial charge in [0.1, 0.15) is 0 Å². The summed E-state index contributed by atoms with van der Waals surface area (Å²) in [6.45, 7) is 0.835. The van der Waals surface area contributed by atoms with E-state index in [1.165, 1.54) is 0 Å². The number of fused-ring (bicyclic) bond motifs is 2. The molecule has 5 rings (SSSR count). The maximum absolute atomic E-state index is 12.5. The first-order valence-electron chi connectivity index (χ1n) is 6.30. The molecular weight excluding hydrogens is 228 g/mol. The lowest BCUT2D eigenvalue weighted by molar-refractivity contribution is -0.129. The molecule has 3 fully saturated rings. The second kappa shape index (κ2) is 3.38. The molecule has 0 aromatic heterocycles. The van der Waals surface area contributed by atoms with E-state index in [1.54, 1.807) is 0 Å². The lowest BCUT2D eigenvalue weighted by Crippen LogP contribution is -2.50. The highest BCUT2D eigenvalue weighted by Gasteiger charge is 2.50. The van der Waals surface area contributed by atoms with Crippen molar-refractivity contribution in [1.82, 2.24) is 9.80 Å². The van der Waals surface area contributed by atoms with Gasteiger partial charge in [-0.15, -0.1) is 10.2 Å². The summed E-state index contributed by atoms with van der Waals surface area (Å²) < 4.78 is 0. The molecule has 5 aliphatic rings. The van der Waals surface area contributed by atoms with Crippen LogP contribution in [0.4, 0.5) is 0 Å². The van der Waals surface area contributed by atoms with Crippen molar-refractivity contribution in [3.05, 3.63) is 35.2 Å². The third-order valence-electron chi connectivity index (χ3n) is 4.32. The molecule has 0 spiro atoms. The van der Waals surface area contributed by atoms with Crippen molar-refractivity contribution in [1.29, 1.82) is 0 Å². The first kappa shape index (κ1) is 10.2. The highest BCUT2D eigenvalue weighted by molar-refractivity contribution is 5.96. The molecule has 2 atom stereocenters. The molecule has 1 amide bonds. The third-order valence-corrected chi connectivity index (χ3v) is 4.32. The van der Waals surface area contributed by atoms with Gasteiger partial charge in [0.05, 0.1) is 11.9 Å². The fourth-order valence-electron chi connectivity index (χ4n) is 3.13. The van der Waals surface area contributed by atoms with E-state index in [4.69, 9.17) is 0 Å². The highest BCUT2D eigenvalue weighted by atomic mass is 16.2. The molecular formula is C13H14N4O. The number of hydrogen-bond donors (Lipinski definition) is 0. The molecule has 0 radical (unpaired) electrons. The molecule has 5 nitrogen and oxygen atoms in total. The van der Waals surface area contributed by atoms with E-state index in [0.717, 1.165) is 30.7 Å². The van der Waals surface area contributed by atoms with E-state index in [-0.39, 0.29) is 12.1 Å². The molecule has 0 N–H and O–H groups in total. The number of carbonyl (C=O) groups is 1. The van der Waals surface area contributed by atoms with Crippen LogP contribution in [0.1, 0.15) is 12.8 Å². The summed E-state index contributed by atoms with van der Waals surface area (Å²) in [5, 5.41) is 8.18. The maximum Gasteiger partial charge on any atom is 0.276 e. The van der Waals surface area contributed by atoms with Gasteiger partial charge in [-0.1, -0.05) is 12.2 Å². The van der Waals surface area contributed by atoms with Gasteiger partial charge in [0, 0.05) is 18.2 Å². The van der Waals surface area contributed by atoms with Gasteiger partial charge in [-0.05, 0) is 26.0 Å².